The molecule has 2 heteroatoms. The van der Waals surface area contributed by atoms with E-state index in [2.05, 4.69) is 27.7 Å². The van der Waals surface area contributed by atoms with Gasteiger partial charge in [-0.1, -0.05) is 27.7 Å². The van der Waals surface area contributed by atoms with Gasteiger partial charge >= 0.3 is 5.97 Å². The number of carbonyl (C=O) groups excluding carboxylic acids is 1. The third kappa shape index (κ3) is 5.88. The van der Waals surface area contributed by atoms with Crippen LogP contribution in [0.1, 0.15) is 66.7 Å². The molecular formula is C16H30O2. The average Bonchev–Trinajstić information content (AvgIpc) is 2.12. The first-order valence-electron chi connectivity index (χ1n) is 7.42. The first-order valence-corrected chi connectivity index (χ1v) is 7.42. The molecule has 2 nitrogen and oxygen atoms in total. The second-order valence-corrected chi connectivity index (χ2v) is 7.25. The molecule has 0 aromatic heterocycles. The summed E-state index contributed by atoms with van der Waals surface area (Å²) in [6.45, 7) is 11.5. The van der Waals surface area contributed by atoms with Gasteiger partial charge < -0.3 is 4.74 Å². The molecule has 1 aliphatic rings. The van der Waals surface area contributed by atoms with Gasteiger partial charge in [0.15, 0.2) is 0 Å². The Labute approximate surface area is 112 Å². The lowest BCUT2D eigenvalue weighted by molar-refractivity contribution is -0.141. The van der Waals surface area contributed by atoms with Crippen LogP contribution in [-0.2, 0) is 9.53 Å². The fourth-order valence-corrected chi connectivity index (χ4v) is 3.81. The highest BCUT2D eigenvalue weighted by Gasteiger charge is 2.32. The maximum absolute atomic E-state index is 10.7. The number of rotatable bonds is 5. The summed E-state index contributed by atoms with van der Waals surface area (Å²) in [6, 6.07) is 0. The minimum Gasteiger partial charge on any atom is -0.466 e. The summed E-state index contributed by atoms with van der Waals surface area (Å²) in [5, 5.41) is 0. The summed E-state index contributed by atoms with van der Waals surface area (Å²) in [5.41, 5.74) is 0.512. The monoisotopic (exact) mass is 254 g/mol. The standard InChI is InChI=1S/C16H30O2/c1-12(6-7-18-14(3)17)8-15-9-13(2)10-16(4,5)11-15/h12-13,15H,6-11H2,1-5H3. The van der Waals surface area contributed by atoms with E-state index in [1.165, 1.54) is 32.6 Å². The van der Waals surface area contributed by atoms with E-state index in [1.807, 2.05) is 0 Å². The molecule has 0 aromatic carbocycles. The Kier molecular flexibility index (Phi) is 5.68. The number of carbonyl (C=O) groups is 1. The van der Waals surface area contributed by atoms with E-state index in [0.717, 1.165) is 18.3 Å². The third-order valence-corrected chi connectivity index (χ3v) is 4.13. The molecule has 0 amide bonds. The van der Waals surface area contributed by atoms with Crippen molar-refractivity contribution in [2.75, 3.05) is 6.61 Å². The second kappa shape index (κ2) is 6.58. The van der Waals surface area contributed by atoms with E-state index in [1.54, 1.807) is 0 Å². The summed E-state index contributed by atoms with van der Waals surface area (Å²) >= 11 is 0. The Bertz CT molecular complexity index is 270. The van der Waals surface area contributed by atoms with Gasteiger partial charge in [-0.05, 0) is 55.3 Å². The maximum Gasteiger partial charge on any atom is 0.302 e. The van der Waals surface area contributed by atoms with Gasteiger partial charge in [0.05, 0.1) is 6.61 Å². The summed E-state index contributed by atoms with van der Waals surface area (Å²) in [4.78, 5) is 10.7. The van der Waals surface area contributed by atoms with Crippen molar-refractivity contribution in [2.45, 2.75) is 66.7 Å². The molecule has 1 saturated carbocycles. The molecule has 0 radical (unpaired) electrons. The highest BCUT2D eigenvalue weighted by Crippen LogP contribution is 2.43. The normalized spacial score (nSPS) is 28.7. The van der Waals surface area contributed by atoms with Crippen molar-refractivity contribution in [1.29, 1.82) is 0 Å². The summed E-state index contributed by atoms with van der Waals surface area (Å²) < 4.78 is 5.02. The third-order valence-electron chi connectivity index (χ3n) is 4.13. The van der Waals surface area contributed by atoms with Crippen molar-refractivity contribution < 1.29 is 9.53 Å². The number of ether oxygens (including phenoxy) is 1. The largest absolute Gasteiger partial charge is 0.466 e. The van der Waals surface area contributed by atoms with E-state index < -0.39 is 0 Å². The van der Waals surface area contributed by atoms with E-state index in [-0.39, 0.29) is 5.97 Å². The zero-order valence-corrected chi connectivity index (χ0v) is 12.8. The fourth-order valence-electron chi connectivity index (χ4n) is 3.81. The van der Waals surface area contributed by atoms with Gasteiger partial charge in [-0.2, -0.15) is 0 Å². The van der Waals surface area contributed by atoms with Gasteiger partial charge in [0.2, 0.25) is 0 Å². The Morgan fingerprint density at radius 1 is 1.39 bits per heavy atom. The number of hydrogen-bond donors (Lipinski definition) is 0. The molecule has 3 unspecified atom stereocenters. The van der Waals surface area contributed by atoms with Crippen LogP contribution < -0.4 is 0 Å². The molecule has 0 bridgehead atoms. The van der Waals surface area contributed by atoms with Crippen molar-refractivity contribution in [3.63, 3.8) is 0 Å². The second-order valence-electron chi connectivity index (χ2n) is 7.25. The topological polar surface area (TPSA) is 26.3 Å². The summed E-state index contributed by atoms with van der Waals surface area (Å²) in [7, 11) is 0. The molecule has 18 heavy (non-hydrogen) atoms. The van der Waals surface area contributed by atoms with Crippen LogP contribution in [0.2, 0.25) is 0 Å². The van der Waals surface area contributed by atoms with Crippen LogP contribution in [0.15, 0.2) is 0 Å². The molecule has 0 spiro atoms. The van der Waals surface area contributed by atoms with Gasteiger partial charge in [0.1, 0.15) is 0 Å². The molecule has 1 aliphatic carbocycles. The van der Waals surface area contributed by atoms with E-state index in [4.69, 9.17) is 4.74 Å². The lowest BCUT2D eigenvalue weighted by Crippen LogP contribution is -2.28. The lowest BCUT2D eigenvalue weighted by Gasteiger charge is -2.40. The van der Waals surface area contributed by atoms with Crippen LogP contribution in [0, 0.1) is 23.2 Å². The fraction of sp³-hybridized carbons (Fsp3) is 0.938. The molecule has 3 atom stereocenters. The van der Waals surface area contributed by atoms with Crippen molar-refractivity contribution >= 4 is 5.97 Å². The molecule has 0 heterocycles. The molecule has 1 rings (SSSR count). The molecule has 0 aliphatic heterocycles. The Morgan fingerprint density at radius 2 is 2.06 bits per heavy atom. The first-order chi connectivity index (χ1) is 8.28. The smallest absolute Gasteiger partial charge is 0.302 e. The van der Waals surface area contributed by atoms with Gasteiger partial charge in [-0.15, -0.1) is 0 Å². The van der Waals surface area contributed by atoms with Crippen molar-refractivity contribution in [2.24, 2.45) is 23.2 Å². The molecule has 1 fully saturated rings. The van der Waals surface area contributed by atoms with Crippen LogP contribution in [-0.4, -0.2) is 12.6 Å². The van der Waals surface area contributed by atoms with E-state index in [9.17, 15) is 4.79 Å². The van der Waals surface area contributed by atoms with Gasteiger partial charge in [0, 0.05) is 6.92 Å². The van der Waals surface area contributed by atoms with Crippen LogP contribution >= 0.6 is 0 Å². The molecule has 0 saturated heterocycles. The van der Waals surface area contributed by atoms with Crippen molar-refractivity contribution in [3.05, 3.63) is 0 Å². The SMILES string of the molecule is CC(=O)OCCC(C)CC1CC(C)CC(C)(C)C1. The molecule has 0 aromatic rings. The van der Waals surface area contributed by atoms with Crippen molar-refractivity contribution in [3.8, 4) is 0 Å². The number of esters is 1. The maximum atomic E-state index is 10.7. The van der Waals surface area contributed by atoms with Gasteiger partial charge in [0.25, 0.3) is 0 Å². The van der Waals surface area contributed by atoms with Gasteiger partial charge in [-0.25, -0.2) is 0 Å². The zero-order chi connectivity index (χ0) is 13.8. The van der Waals surface area contributed by atoms with Crippen LogP contribution in [0.3, 0.4) is 0 Å². The molecular weight excluding hydrogens is 224 g/mol. The van der Waals surface area contributed by atoms with Crippen LogP contribution in [0.4, 0.5) is 0 Å². The summed E-state index contributed by atoms with van der Waals surface area (Å²) in [5.74, 6) is 2.22. The Hall–Kier alpha value is -0.530. The highest BCUT2D eigenvalue weighted by atomic mass is 16.5. The minimum absolute atomic E-state index is 0.158. The quantitative estimate of drug-likeness (QED) is 0.678. The van der Waals surface area contributed by atoms with Crippen molar-refractivity contribution in [1.82, 2.24) is 0 Å². The summed E-state index contributed by atoms with van der Waals surface area (Å²) in [6.07, 6.45) is 6.39. The predicted molar refractivity (Wildman–Crippen MR) is 75.3 cm³/mol. The zero-order valence-electron chi connectivity index (χ0n) is 12.8. The van der Waals surface area contributed by atoms with Gasteiger partial charge in [-0.3, -0.25) is 4.79 Å². The van der Waals surface area contributed by atoms with E-state index >= 15 is 0 Å². The Morgan fingerprint density at radius 3 is 2.61 bits per heavy atom. The number of hydrogen-bond acceptors (Lipinski definition) is 2. The molecule has 106 valence electrons. The molecule has 0 N–H and O–H groups in total. The average molecular weight is 254 g/mol. The lowest BCUT2D eigenvalue weighted by atomic mass is 9.66. The Balaban J connectivity index is 2.30. The first kappa shape index (κ1) is 15.5. The van der Waals surface area contributed by atoms with Crippen LogP contribution in [0.5, 0.6) is 0 Å². The van der Waals surface area contributed by atoms with E-state index in [0.29, 0.717) is 17.9 Å². The predicted octanol–water partition coefficient (Wildman–Crippen LogP) is 4.43. The minimum atomic E-state index is -0.158. The van der Waals surface area contributed by atoms with Crippen LogP contribution in [0.25, 0.3) is 0 Å². The highest BCUT2D eigenvalue weighted by molar-refractivity contribution is 5.65.